The number of amides is 2. The number of carbonyl (C=O) groups excluding carboxylic acids is 3. The maximum Gasteiger partial charge on any atom is 0.246 e. The van der Waals surface area contributed by atoms with Crippen molar-refractivity contribution < 1.29 is 24.6 Å². The number of likely N-dealkylation sites (tertiary alicyclic amines) is 2. The van der Waals surface area contributed by atoms with Crippen LogP contribution in [0.25, 0.3) is 6.08 Å². The highest BCUT2D eigenvalue weighted by atomic mass is 16.3. The highest BCUT2D eigenvalue weighted by Gasteiger charge is 2.24. The standard InChI is InChI=1S/C29H34N2O5/c32-25(30-17-3-1-4-18-30)15-13-21-9-7-11-23(27(21)34)29(36)24-12-8-10-22(28(24)35)14-16-26(33)31-19-5-2-6-20-31/h7,9,11-16,34-35H,1-6,8,10,17-20H2/b15-13+,16-14+. The van der Waals surface area contributed by atoms with Gasteiger partial charge in [-0.15, -0.1) is 0 Å². The number of phenolic OH excluding ortho intramolecular Hbond substituents is 1. The van der Waals surface area contributed by atoms with Gasteiger partial charge in [0.05, 0.1) is 11.1 Å². The van der Waals surface area contributed by atoms with E-state index in [0.29, 0.717) is 24.0 Å². The highest BCUT2D eigenvalue weighted by Crippen LogP contribution is 2.31. The van der Waals surface area contributed by atoms with E-state index in [-0.39, 0.29) is 34.5 Å². The third-order valence-corrected chi connectivity index (χ3v) is 7.05. The number of allylic oxidation sites excluding steroid dienone is 4. The number of ketones is 1. The molecule has 2 aliphatic heterocycles. The van der Waals surface area contributed by atoms with E-state index in [1.165, 1.54) is 24.3 Å². The monoisotopic (exact) mass is 490 g/mol. The molecule has 2 amide bonds. The molecule has 190 valence electrons. The molecule has 0 saturated carbocycles. The molecule has 7 heteroatoms. The molecule has 2 fully saturated rings. The Bertz CT molecular complexity index is 1130. The molecule has 7 nitrogen and oxygen atoms in total. The number of rotatable bonds is 6. The van der Waals surface area contributed by atoms with Crippen LogP contribution in [0.15, 0.2) is 59.4 Å². The van der Waals surface area contributed by atoms with Crippen LogP contribution >= 0.6 is 0 Å². The van der Waals surface area contributed by atoms with Gasteiger partial charge in [0, 0.05) is 43.9 Å². The Morgan fingerprint density at radius 2 is 1.36 bits per heavy atom. The lowest BCUT2D eigenvalue weighted by Crippen LogP contribution is -2.34. The molecule has 1 aromatic carbocycles. The predicted octanol–water partition coefficient (Wildman–Crippen LogP) is 4.70. The summed E-state index contributed by atoms with van der Waals surface area (Å²) in [5.74, 6) is -1.11. The van der Waals surface area contributed by atoms with Crippen molar-refractivity contribution >= 4 is 23.7 Å². The van der Waals surface area contributed by atoms with Gasteiger partial charge in [0.25, 0.3) is 0 Å². The molecule has 0 bridgehead atoms. The van der Waals surface area contributed by atoms with Crippen LogP contribution in [0.3, 0.4) is 0 Å². The lowest BCUT2D eigenvalue weighted by molar-refractivity contribution is -0.127. The summed E-state index contributed by atoms with van der Waals surface area (Å²) in [6, 6.07) is 4.78. The zero-order chi connectivity index (χ0) is 25.5. The number of nitrogens with zero attached hydrogens (tertiary/aromatic N) is 2. The van der Waals surface area contributed by atoms with Crippen LogP contribution in [-0.2, 0) is 9.59 Å². The van der Waals surface area contributed by atoms with Gasteiger partial charge >= 0.3 is 0 Å². The number of hydrogen-bond acceptors (Lipinski definition) is 5. The van der Waals surface area contributed by atoms with Crippen molar-refractivity contribution in [2.45, 2.75) is 51.4 Å². The molecule has 0 atom stereocenters. The van der Waals surface area contributed by atoms with Crippen LogP contribution in [0, 0.1) is 0 Å². The van der Waals surface area contributed by atoms with E-state index in [1.54, 1.807) is 34.1 Å². The lowest BCUT2D eigenvalue weighted by atomic mass is 9.90. The van der Waals surface area contributed by atoms with E-state index in [9.17, 15) is 24.6 Å². The van der Waals surface area contributed by atoms with Crippen molar-refractivity contribution in [3.8, 4) is 5.75 Å². The fourth-order valence-electron chi connectivity index (χ4n) is 4.92. The van der Waals surface area contributed by atoms with Crippen molar-refractivity contribution in [2.24, 2.45) is 0 Å². The Kier molecular flexibility index (Phi) is 8.41. The first-order valence-corrected chi connectivity index (χ1v) is 12.9. The average Bonchev–Trinajstić information content (AvgIpc) is 2.92. The summed E-state index contributed by atoms with van der Waals surface area (Å²) in [6.07, 6.45) is 15.0. The number of phenols is 1. The Morgan fingerprint density at radius 1 is 0.778 bits per heavy atom. The average molecular weight is 491 g/mol. The fraction of sp³-hybridized carbons (Fsp3) is 0.414. The Balaban J connectivity index is 1.49. The minimum atomic E-state index is -0.504. The minimum absolute atomic E-state index is 0.0509. The quantitative estimate of drug-likeness (QED) is 0.445. The van der Waals surface area contributed by atoms with Crippen LogP contribution in [-0.4, -0.2) is 63.8 Å². The van der Waals surface area contributed by atoms with Gasteiger partial charge in [-0.05, 0) is 75.2 Å². The third-order valence-electron chi connectivity index (χ3n) is 7.05. The SMILES string of the molecule is O=C(C1=CCCC(/C=C/C(=O)N2CCCCC2)=C1O)c1cccc(/C=C/C(=O)N2CCCCC2)c1O. The van der Waals surface area contributed by atoms with Crippen LogP contribution in [0.1, 0.15) is 67.3 Å². The summed E-state index contributed by atoms with van der Waals surface area (Å²) in [7, 11) is 0. The van der Waals surface area contributed by atoms with Crippen molar-refractivity contribution in [3.05, 3.63) is 70.5 Å². The summed E-state index contributed by atoms with van der Waals surface area (Å²) < 4.78 is 0. The van der Waals surface area contributed by atoms with E-state index in [2.05, 4.69) is 0 Å². The molecule has 0 aromatic heterocycles. The molecule has 4 rings (SSSR count). The van der Waals surface area contributed by atoms with Gasteiger partial charge in [0.2, 0.25) is 11.8 Å². The first-order valence-electron chi connectivity index (χ1n) is 12.9. The third kappa shape index (κ3) is 5.96. The number of carbonyl (C=O) groups is 3. The van der Waals surface area contributed by atoms with Crippen LogP contribution in [0.5, 0.6) is 5.75 Å². The van der Waals surface area contributed by atoms with Gasteiger partial charge in [-0.25, -0.2) is 0 Å². The molecule has 2 N–H and O–H groups in total. The number of aliphatic hydroxyl groups is 1. The second-order valence-electron chi connectivity index (χ2n) is 9.54. The van der Waals surface area contributed by atoms with Gasteiger partial charge in [-0.1, -0.05) is 18.2 Å². The number of hydrogen-bond donors (Lipinski definition) is 2. The summed E-state index contributed by atoms with van der Waals surface area (Å²) >= 11 is 0. The summed E-state index contributed by atoms with van der Waals surface area (Å²) in [6.45, 7) is 2.94. The zero-order valence-electron chi connectivity index (χ0n) is 20.6. The Morgan fingerprint density at radius 3 is 1.97 bits per heavy atom. The number of Topliss-reactive ketones (excluding diaryl/α,β-unsaturated/α-hetero) is 1. The van der Waals surface area contributed by atoms with Crippen molar-refractivity contribution in [1.82, 2.24) is 9.80 Å². The molecular formula is C29H34N2O5. The first kappa shape index (κ1) is 25.5. The minimum Gasteiger partial charge on any atom is -0.507 e. The smallest absolute Gasteiger partial charge is 0.246 e. The van der Waals surface area contributed by atoms with E-state index in [4.69, 9.17) is 0 Å². The normalized spacial score (nSPS) is 19.2. The molecule has 0 spiro atoms. The van der Waals surface area contributed by atoms with Gasteiger partial charge in [-0.3, -0.25) is 14.4 Å². The molecule has 3 aliphatic rings. The van der Waals surface area contributed by atoms with E-state index >= 15 is 0 Å². The molecule has 2 saturated heterocycles. The molecule has 0 radical (unpaired) electrons. The number of benzene rings is 1. The largest absolute Gasteiger partial charge is 0.507 e. The summed E-state index contributed by atoms with van der Waals surface area (Å²) in [4.78, 5) is 41.8. The van der Waals surface area contributed by atoms with Gasteiger partial charge in [0.15, 0.2) is 5.78 Å². The summed E-state index contributed by atoms with van der Waals surface area (Å²) in [5.41, 5.74) is 1.04. The molecule has 0 unspecified atom stereocenters. The Hall–Kier alpha value is -3.61. The van der Waals surface area contributed by atoms with Crippen LogP contribution in [0.4, 0.5) is 0 Å². The molecule has 1 aromatic rings. The van der Waals surface area contributed by atoms with Crippen LogP contribution < -0.4 is 0 Å². The molecule has 1 aliphatic carbocycles. The predicted molar refractivity (Wildman–Crippen MR) is 138 cm³/mol. The molecular weight excluding hydrogens is 456 g/mol. The second kappa shape index (κ2) is 11.9. The van der Waals surface area contributed by atoms with Gasteiger partial charge < -0.3 is 20.0 Å². The maximum atomic E-state index is 13.3. The van der Waals surface area contributed by atoms with Crippen molar-refractivity contribution in [2.75, 3.05) is 26.2 Å². The van der Waals surface area contributed by atoms with Crippen LogP contribution in [0.2, 0.25) is 0 Å². The molecule has 36 heavy (non-hydrogen) atoms. The van der Waals surface area contributed by atoms with Crippen molar-refractivity contribution in [1.29, 1.82) is 0 Å². The van der Waals surface area contributed by atoms with E-state index < -0.39 is 5.78 Å². The number of para-hydroxylation sites is 1. The maximum absolute atomic E-state index is 13.3. The summed E-state index contributed by atoms with van der Waals surface area (Å²) in [5, 5.41) is 21.6. The number of piperidine rings is 2. The zero-order valence-corrected chi connectivity index (χ0v) is 20.6. The molecule has 2 heterocycles. The second-order valence-corrected chi connectivity index (χ2v) is 9.54. The van der Waals surface area contributed by atoms with Crippen molar-refractivity contribution in [3.63, 3.8) is 0 Å². The lowest BCUT2D eigenvalue weighted by Gasteiger charge is -2.25. The van der Waals surface area contributed by atoms with E-state index in [1.807, 2.05) is 0 Å². The fourth-order valence-corrected chi connectivity index (χ4v) is 4.92. The first-order chi connectivity index (χ1) is 17.5. The van der Waals surface area contributed by atoms with E-state index in [0.717, 1.165) is 64.7 Å². The van der Waals surface area contributed by atoms with Gasteiger partial charge in [-0.2, -0.15) is 0 Å². The number of aliphatic hydroxyl groups excluding tert-OH is 1. The topological polar surface area (TPSA) is 98.2 Å². The van der Waals surface area contributed by atoms with Gasteiger partial charge in [0.1, 0.15) is 11.5 Å². The Labute approximate surface area is 212 Å². The highest BCUT2D eigenvalue weighted by molar-refractivity contribution is 6.13. The number of aromatic hydroxyl groups is 1.